The summed E-state index contributed by atoms with van der Waals surface area (Å²) in [4.78, 5) is 1.90. The molecular weight excluding hydrogens is 210 g/mol. The molecule has 0 saturated carbocycles. The summed E-state index contributed by atoms with van der Waals surface area (Å²) in [7, 11) is 0. The van der Waals surface area contributed by atoms with Gasteiger partial charge in [0.2, 0.25) is 0 Å². The number of nitrogens with zero attached hydrogens (tertiary/aromatic N) is 1. The molecule has 1 rings (SSSR count). The van der Waals surface area contributed by atoms with Crippen molar-refractivity contribution in [2.75, 3.05) is 32.7 Å². The van der Waals surface area contributed by atoms with E-state index < -0.39 is 6.43 Å². The van der Waals surface area contributed by atoms with Gasteiger partial charge in [0.25, 0.3) is 6.43 Å². The predicted octanol–water partition coefficient (Wildman–Crippen LogP) is 2.21. The summed E-state index contributed by atoms with van der Waals surface area (Å²) in [6, 6.07) is 0. The second kappa shape index (κ2) is 7.17. The highest BCUT2D eigenvalue weighted by atomic mass is 19.3. The summed E-state index contributed by atoms with van der Waals surface area (Å²) < 4.78 is 24.5. The molecule has 1 aliphatic rings. The molecule has 96 valence electrons. The van der Waals surface area contributed by atoms with Crippen molar-refractivity contribution in [2.24, 2.45) is 11.8 Å². The van der Waals surface area contributed by atoms with Crippen LogP contribution in [0.25, 0.3) is 0 Å². The number of nitrogens with one attached hydrogen (secondary N) is 1. The predicted molar refractivity (Wildman–Crippen MR) is 62.9 cm³/mol. The molecule has 1 atom stereocenters. The fourth-order valence-corrected chi connectivity index (χ4v) is 2.26. The van der Waals surface area contributed by atoms with Crippen LogP contribution in [0, 0.1) is 11.8 Å². The summed E-state index contributed by atoms with van der Waals surface area (Å²) in [5.41, 5.74) is 0. The first-order valence-corrected chi connectivity index (χ1v) is 6.29. The Morgan fingerprint density at radius 1 is 1.38 bits per heavy atom. The molecule has 4 heteroatoms. The molecule has 0 radical (unpaired) electrons. The lowest BCUT2D eigenvalue weighted by Gasteiger charge is -2.32. The Kier molecular flexibility index (Phi) is 6.21. The summed E-state index contributed by atoms with van der Waals surface area (Å²) >= 11 is 0. The molecule has 0 aromatic heterocycles. The van der Waals surface area contributed by atoms with Crippen LogP contribution in [0.1, 0.15) is 26.7 Å². The molecule has 0 bridgehead atoms. The van der Waals surface area contributed by atoms with E-state index in [1.54, 1.807) is 0 Å². The normalized spacial score (nSPS) is 23.2. The molecule has 0 aromatic rings. The summed E-state index contributed by atoms with van der Waals surface area (Å²) in [6.45, 7) is 7.96. The third-order valence-corrected chi connectivity index (χ3v) is 2.98. The van der Waals surface area contributed by atoms with Crippen molar-refractivity contribution in [3.8, 4) is 0 Å². The second-order valence-electron chi connectivity index (χ2n) is 5.21. The molecule has 1 fully saturated rings. The Morgan fingerprint density at radius 3 is 2.75 bits per heavy atom. The Morgan fingerprint density at radius 2 is 2.12 bits per heavy atom. The van der Waals surface area contributed by atoms with Crippen molar-refractivity contribution in [3.63, 3.8) is 0 Å². The van der Waals surface area contributed by atoms with Gasteiger partial charge in [0, 0.05) is 6.54 Å². The number of hydrogen-bond acceptors (Lipinski definition) is 2. The number of halogens is 2. The van der Waals surface area contributed by atoms with Gasteiger partial charge in [-0.15, -0.1) is 0 Å². The summed E-state index contributed by atoms with van der Waals surface area (Å²) in [6.07, 6.45) is 0.0355. The van der Waals surface area contributed by atoms with Crippen molar-refractivity contribution in [3.05, 3.63) is 0 Å². The van der Waals surface area contributed by atoms with Crippen molar-refractivity contribution in [1.29, 1.82) is 0 Å². The molecule has 1 heterocycles. The van der Waals surface area contributed by atoms with Gasteiger partial charge in [-0.25, -0.2) is 8.78 Å². The highest BCUT2D eigenvalue weighted by molar-refractivity contribution is 4.75. The first-order valence-electron chi connectivity index (χ1n) is 6.29. The molecule has 0 aliphatic carbocycles. The second-order valence-corrected chi connectivity index (χ2v) is 5.21. The van der Waals surface area contributed by atoms with Crippen LogP contribution in [-0.4, -0.2) is 44.0 Å². The van der Waals surface area contributed by atoms with Crippen LogP contribution < -0.4 is 5.32 Å². The number of rotatable bonds is 6. The largest absolute Gasteiger partial charge is 0.316 e. The van der Waals surface area contributed by atoms with E-state index in [1.807, 2.05) is 4.90 Å². The van der Waals surface area contributed by atoms with Gasteiger partial charge in [-0.05, 0) is 44.3 Å². The van der Waals surface area contributed by atoms with Crippen molar-refractivity contribution in [2.45, 2.75) is 33.1 Å². The average Bonchev–Trinajstić information content (AvgIpc) is 2.16. The third-order valence-electron chi connectivity index (χ3n) is 2.98. The van der Waals surface area contributed by atoms with Crippen LogP contribution in [-0.2, 0) is 0 Å². The minimum Gasteiger partial charge on any atom is -0.316 e. The van der Waals surface area contributed by atoms with E-state index in [4.69, 9.17) is 0 Å². The van der Waals surface area contributed by atoms with E-state index in [0.29, 0.717) is 11.8 Å². The lowest BCUT2D eigenvalue weighted by atomic mass is 9.98. The van der Waals surface area contributed by atoms with E-state index in [0.717, 1.165) is 32.6 Å². The van der Waals surface area contributed by atoms with Crippen LogP contribution in [0.4, 0.5) is 8.78 Å². The molecule has 0 amide bonds. The number of likely N-dealkylation sites (tertiary alicyclic amines) is 1. The molecule has 1 N–H and O–H groups in total. The van der Waals surface area contributed by atoms with Crippen molar-refractivity contribution in [1.82, 2.24) is 10.2 Å². The zero-order chi connectivity index (χ0) is 12.0. The van der Waals surface area contributed by atoms with Gasteiger partial charge in [-0.3, -0.25) is 4.90 Å². The Labute approximate surface area is 97.4 Å². The van der Waals surface area contributed by atoms with Crippen LogP contribution in [0.3, 0.4) is 0 Å². The van der Waals surface area contributed by atoms with Gasteiger partial charge < -0.3 is 5.32 Å². The average molecular weight is 234 g/mol. The minimum absolute atomic E-state index is 0.0549. The molecule has 1 aliphatic heterocycles. The Bertz CT molecular complexity index is 186. The van der Waals surface area contributed by atoms with E-state index in [1.165, 1.54) is 6.42 Å². The molecule has 0 spiro atoms. The quantitative estimate of drug-likeness (QED) is 0.758. The van der Waals surface area contributed by atoms with Crippen molar-refractivity contribution < 1.29 is 8.78 Å². The first-order chi connectivity index (χ1) is 7.58. The molecule has 16 heavy (non-hydrogen) atoms. The highest BCUT2D eigenvalue weighted by Gasteiger charge is 2.21. The highest BCUT2D eigenvalue weighted by Crippen LogP contribution is 2.16. The lowest BCUT2D eigenvalue weighted by Crippen LogP contribution is -2.42. The molecular formula is C12H24F2N2. The third kappa shape index (κ3) is 5.75. The molecule has 1 unspecified atom stereocenters. The fraction of sp³-hybridized carbons (Fsp3) is 1.00. The Balaban J connectivity index is 2.17. The van der Waals surface area contributed by atoms with E-state index in [2.05, 4.69) is 19.2 Å². The zero-order valence-corrected chi connectivity index (χ0v) is 10.4. The van der Waals surface area contributed by atoms with Gasteiger partial charge in [-0.2, -0.15) is 0 Å². The van der Waals surface area contributed by atoms with Crippen LogP contribution in [0.15, 0.2) is 0 Å². The van der Waals surface area contributed by atoms with E-state index in [9.17, 15) is 8.78 Å². The monoisotopic (exact) mass is 234 g/mol. The smallest absolute Gasteiger partial charge is 0.251 e. The fourth-order valence-electron chi connectivity index (χ4n) is 2.26. The van der Waals surface area contributed by atoms with Crippen LogP contribution >= 0.6 is 0 Å². The number of hydrogen-bond donors (Lipinski definition) is 1. The van der Waals surface area contributed by atoms with Gasteiger partial charge in [0.05, 0.1) is 6.54 Å². The number of alkyl halides is 2. The van der Waals surface area contributed by atoms with Gasteiger partial charge in [-0.1, -0.05) is 13.8 Å². The van der Waals surface area contributed by atoms with E-state index in [-0.39, 0.29) is 6.54 Å². The maximum Gasteiger partial charge on any atom is 0.251 e. The van der Waals surface area contributed by atoms with E-state index >= 15 is 0 Å². The summed E-state index contributed by atoms with van der Waals surface area (Å²) in [5.74, 6) is 1.20. The molecule has 2 nitrogen and oxygen atoms in total. The standard InChI is InChI=1S/C12H24F2N2/c1-10(2)6-15-7-11-4-3-5-16(8-11)9-12(13)14/h10-12,15H,3-9H2,1-2H3. The Hall–Kier alpha value is -0.220. The van der Waals surface area contributed by atoms with Gasteiger partial charge in [0.1, 0.15) is 0 Å². The number of piperidine rings is 1. The SMILES string of the molecule is CC(C)CNCC1CCCN(CC(F)F)C1. The maximum atomic E-state index is 12.2. The topological polar surface area (TPSA) is 15.3 Å². The maximum absolute atomic E-state index is 12.2. The molecule has 0 aromatic carbocycles. The van der Waals surface area contributed by atoms with Gasteiger partial charge in [0.15, 0.2) is 0 Å². The van der Waals surface area contributed by atoms with Crippen LogP contribution in [0.2, 0.25) is 0 Å². The van der Waals surface area contributed by atoms with Crippen LogP contribution in [0.5, 0.6) is 0 Å². The van der Waals surface area contributed by atoms with Gasteiger partial charge >= 0.3 is 0 Å². The van der Waals surface area contributed by atoms with Crippen molar-refractivity contribution >= 4 is 0 Å². The lowest BCUT2D eigenvalue weighted by molar-refractivity contribution is 0.0647. The zero-order valence-electron chi connectivity index (χ0n) is 10.4. The summed E-state index contributed by atoms with van der Waals surface area (Å²) in [5, 5.41) is 3.41. The first kappa shape index (κ1) is 13.8. The minimum atomic E-state index is -2.19. The molecule has 1 saturated heterocycles.